The molecule has 1 aromatic rings. The van der Waals surface area contributed by atoms with Crippen molar-refractivity contribution >= 4 is 11.6 Å². The van der Waals surface area contributed by atoms with Gasteiger partial charge in [0.1, 0.15) is 0 Å². The highest BCUT2D eigenvalue weighted by atomic mass is 16.1. The molecule has 2 rings (SSSR count). The van der Waals surface area contributed by atoms with Crippen molar-refractivity contribution in [2.45, 2.75) is 38.8 Å². The number of hydrogen-bond acceptors (Lipinski definition) is 3. The molecule has 2 unspecified atom stereocenters. The molecule has 1 aliphatic heterocycles. The fraction of sp³-hybridized carbons (Fsp3) is 0.533. The van der Waals surface area contributed by atoms with Crippen LogP contribution in [0.3, 0.4) is 0 Å². The molecule has 0 saturated carbocycles. The maximum Gasteiger partial charge on any atom is 0.251 e. The predicted molar refractivity (Wildman–Crippen MR) is 78.2 cm³/mol. The first-order valence-electron chi connectivity index (χ1n) is 6.84. The normalized spacial score (nSPS) is 24.2. The summed E-state index contributed by atoms with van der Waals surface area (Å²) in [7, 11) is 2.13. The van der Waals surface area contributed by atoms with Gasteiger partial charge in [-0.2, -0.15) is 0 Å². The minimum atomic E-state index is -0.0165. The van der Waals surface area contributed by atoms with E-state index in [1.54, 1.807) is 6.07 Å². The van der Waals surface area contributed by atoms with Crippen LogP contribution in [0.1, 0.15) is 35.7 Å². The molecule has 0 radical (unpaired) electrons. The van der Waals surface area contributed by atoms with Crippen molar-refractivity contribution in [1.82, 2.24) is 10.2 Å². The Morgan fingerprint density at radius 3 is 2.79 bits per heavy atom. The zero-order valence-electron chi connectivity index (χ0n) is 11.9. The highest BCUT2D eigenvalue weighted by molar-refractivity contribution is 5.95. The van der Waals surface area contributed by atoms with Crippen LogP contribution in [0.15, 0.2) is 18.2 Å². The van der Waals surface area contributed by atoms with E-state index in [4.69, 9.17) is 5.73 Å². The van der Waals surface area contributed by atoms with Crippen molar-refractivity contribution in [1.29, 1.82) is 0 Å². The second-order valence-electron chi connectivity index (χ2n) is 5.66. The number of benzene rings is 1. The zero-order valence-corrected chi connectivity index (χ0v) is 11.9. The molecule has 1 aliphatic rings. The summed E-state index contributed by atoms with van der Waals surface area (Å²) >= 11 is 0. The van der Waals surface area contributed by atoms with Gasteiger partial charge >= 0.3 is 0 Å². The molecule has 1 heterocycles. The second-order valence-corrected chi connectivity index (χ2v) is 5.66. The number of amides is 1. The Balaban J connectivity index is 2.01. The van der Waals surface area contributed by atoms with E-state index in [1.165, 1.54) is 0 Å². The lowest BCUT2D eigenvalue weighted by atomic mass is 9.98. The molecule has 0 spiro atoms. The Morgan fingerprint density at radius 1 is 1.42 bits per heavy atom. The topological polar surface area (TPSA) is 58.4 Å². The second kappa shape index (κ2) is 5.61. The number of nitrogens with one attached hydrogen (secondary N) is 1. The molecule has 1 amide bonds. The van der Waals surface area contributed by atoms with Crippen LogP contribution in [0.2, 0.25) is 0 Å². The molecule has 1 fully saturated rings. The molecule has 19 heavy (non-hydrogen) atoms. The predicted octanol–water partition coefficient (Wildman–Crippen LogP) is 1.79. The van der Waals surface area contributed by atoms with E-state index in [-0.39, 0.29) is 11.9 Å². The highest BCUT2D eigenvalue weighted by Crippen LogP contribution is 2.17. The molecule has 2 atom stereocenters. The summed E-state index contributed by atoms with van der Waals surface area (Å²) < 4.78 is 0. The molecule has 0 aliphatic carbocycles. The number of carbonyl (C=O) groups is 1. The van der Waals surface area contributed by atoms with E-state index < -0.39 is 0 Å². The molecule has 4 heteroatoms. The third-order valence-corrected chi connectivity index (χ3v) is 3.91. The molecule has 1 saturated heterocycles. The third-order valence-electron chi connectivity index (χ3n) is 3.91. The van der Waals surface area contributed by atoms with Crippen molar-refractivity contribution < 1.29 is 4.79 Å². The Kier molecular flexibility index (Phi) is 4.10. The summed E-state index contributed by atoms with van der Waals surface area (Å²) in [5.74, 6) is -0.0165. The van der Waals surface area contributed by atoms with Gasteiger partial charge < -0.3 is 16.0 Å². The maximum atomic E-state index is 12.2. The monoisotopic (exact) mass is 261 g/mol. The van der Waals surface area contributed by atoms with Crippen molar-refractivity contribution in [3.8, 4) is 0 Å². The van der Waals surface area contributed by atoms with Crippen LogP contribution in [0.5, 0.6) is 0 Å². The van der Waals surface area contributed by atoms with Crippen LogP contribution in [0, 0.1) is 6.92 Å². The van der Waals surface area contributed by atoms with Gasteiger partial charge in [-0.3, -0.25) is 4.79 Å². The first-order valence-corrected chi connectivity index (χ1v) is 6.84. The number of hydrogen-bond donors (Lipinski definition) is 2. The molecule has 104 valence electrons. The number of piperidine rings is 1. The van der Waals surface area contributed by atoms with E-state index in [1.807, 2.05) is 19.1 Å². The van der Waals surface area contributed by atoms with Gasteiger partial charge in [-0.15, -0.1) is 0 Å². The average Bonchev–Trinajstić information content (AvgIpc) is 2.32. The lowest BCUT2D eigenvalue weighted by Gasteiger charge is -2.35. The SMILES string of the molecule is Cc1cc(N)cc(C(=O)NC2CCN(C)C(C)C2)c1. The molecular formula is C15H23N3O. The van der Waals surface area contributed by atoms with Crippen molar-refractivity contribution in [3.63, 3.8) is 0 Å². The van der Waals surface area contributed by atoms with Gasteiger partial charge in [0.2, 0.25) is 0 Å². The molecular weight excluding hydrogens is 238 g/mol. The van der Waals surface area contributed by atoms with Gasteiger partial charge in [0, 0.05) is 29.9 Å². The first-order chi connectivity index (χ1) is 8.95. The number of nitrogens with two attached hydrogens (primary N) is 1. The Hall–Kier alpha value is -1.55. The Bertz CT molecular complexity index is 452. The number of nitrogens with zero attached hydrogens (tertiary/aromatic N) is 1. The van der Waals surface area contributed by atoms with Gasteiger partial charge in [-0.05, 0) is 57.5 Å². The van der Waals surface area contributed by atoms with Gasteiger partial charge in [0.05, 0.1) is 0 Å². The summed E-state index contributed by atoms with van der Waals surface area (Å²) in [5, 5.41) is 3.12. The van der Waals surface area contributed by atoms with E-state index >= 15 is 0 Å². The van der Waals surface area contributed by atoms with Crippen LogP contribution < -0.4 is 11.1 Å². The number of carbonyl (C=O) groups excluding carboxylic acids is 1. The number of nitrogen functional groups attached to an aromatic ring is 1. The molecule has 3 N–H and O–H groups in total. The summed E-state index contributed by atoms with van der Waals surface area (Å²) in [6.07, 6.45) is 2.01. The van der Waals surface area contributed by atoms with E-state index in [0.29, 0.717) is 17.3 Å². The fourth-order valence-corrected chi connectivity index (χ4v) is 2.63. The van der Waals surface area contributed by atoms with Gasteiger partial charge in [-0.25, -0.2) is 0 Å². The van der Waals surface area contributed by atoms with Crippen LogP contribution in [-0.2, 0) is 0 Å². The quantitative estimate of drug-likeness (QED) is 0.798. The molecule has 4 nitrogen and oxygen atoms in total. The lowest BCUT2D eigenvalue weighted by molar-refractivity contribution is 0.0896. The van der Waals surface area contributed by atoms with E-state index in [2.05, 4.69) is 24.2 Å². The summed E-state index contributed by atoms with van der Waals surface area (Å²) in [5.41, 5.74) is 8.10. The first kappa shape index (κ1) is 13.9. The van der Waals surface area contributed by atoms with E-state index in [0.717, 1.165) is 24.9 Å². The number of anilines is 1. The van der Waals surface area contributed by atoms with Crippen LogP contribution >= 0.6 is 0 Å². The number of likely N-dealkylation sites (tertiary alicyclic amines) is 1. The summed E-state index contributed by atoms with van der Waals surface area (Å²) in [4.78, 5) is 14.6. The van der Waals surface area contributed by atoms with Crippen molar-refractivity contribution in [3.05, 3.63) is 29.3 Å². The minimum Gasteiger partial charge on any atom is -0.399 e. The van der Waals surface area contributed by atoms with Crippen molar-refractivity contribution in [2.75, 3.05) is 19.3 Å². The van der Waals surface area contributed by atoms with E-state index in [9.17, 15) is 4.79 Å². The smallest absolute Gasteiger partial charge is 0.251 e. The van der Waals surface area contributed by atoms with Gasteiger partial charge in [0.15, 0.2) is 0 Å². The van der Waals surface area contributed by atoms with Crippen LogP contribution in [0.25, 0.3) is 0 Å². The molecule has 0 aromatic heterocycles. The van der Waals surface area contributed by atoms with Crippen LogP contribution in [0.4, 0.5) is 5.69 Å². The van der Waals surface area contributed by atoms with Crippen LogP contribution in [-0.4, -0.2) is 36.5 Å². The standard InChI is InChI=1S/C15H23N3O/c1-10-6-12(9-13(16)7-10)15(19)17-14-4-5-18(3)11(2)8-14/h6-7,9,11,14H,4-5,8,16H2,1-3H3,(H,17,19). The Labute approximate surface area is 115 Å². The molecule has 0 bridgehead atoms. The summed E-state index contributed by atoms with van der Waals surface area (Å²) in [6.45, 7) is 5.18. The van der Waals surface area contributed by atoms with Gasteiger partial charge in [-0.1, -0.05) is 0 Å². The van der Waals surface area contributed by atoms with Crippen molar-refractivity contribution in [2.24, 2.45) is 0 Å². The number of aryl methyl sites for hydroxylation is 1. The maximum absolute atomic E-state index is 12.2. The Morgan fingerprint density at radius 2 is 2.16 bits per heavy atom. The highest BCUT2D eigenvalue weighted by Gasteiger charge is 2.24. The summed E-state index contributed by atoms with van der Waals surface area (Å²) in [6, 6.07) is 6.27. The third kappa shape index (κ3) is 3.47. The number of rotatable bonds is 2. The zero-order chi connectivity index (χ0) is 14.0. The largest absolute Gasteiger partial charge is 0.399 e. The minimum absolute atomic E-state index is 0.0165. The fourth-order valence-electron chi connectivity index (χ4n) is 2.63. The van der Waals surface area contributed by atoms with Gasteiger partial charge in [0.25, 0.3) is 5.91 Å². The molecule has 1 aromatic carbocycles. The average molecular weight is 261 g/mol. The lowest BCUT2D eigenvalue weighted by Crippen LogP contribution is -2.47.